The number of hydrogen-bond donors (Lipinski definition) is 1. The largest absolute Gasteiger partial charge is 0.384 e. The van der Waals surface area contributed by atoms with Gasteiger partial charge >= 0.3 is 0 Å². The molecule has 2 N–H and O–H groups in total. The molecule has 0 spiro atoms. The van der Waals surface area contributed by atoms with Crippen LogP contribution in [-0.4, -0.2) is 19.9 Å². The predicted octanol–water partition coefficient (Wildman–Crippen LogP) is 1.42. The van der Waals surface area contributed by atoms with Crippen molar-refractivity contribution in [2.45, 2.75) is 11.3 Å². The number of pyridine rings is 1. The molecule has 0 bridgehead atoms. The number of rotatable bonds is 2. The number of hydrogen-bond acceptors (Lipinski definition) is 4. The van der Waals surface area contributed by atoms with E-state index in [0.29, 0.717) is 6.54 Å². The van der Waals surface area contributed by atoms with Crippen LogP contribution in [0.2, 0.25) is 0 Å². The SMILES string of the molecule is Nc1cc(S(=O)(=O)N2CCc3ccccc32)ccn1. The van der Waals surface area contributed by atoms with Crippen LogP contribution < -0.4 is 10.0 Å². The third kappa shape index (κ3) is 1.94. The Kier molecular flexibility index (Phi) is 2.67. The van der Waals surface area contributed by atoms with E-state index in [2.05, 4.69) is 4.98 Å². The first-order valence-corrected chi connectivity index (χ1v) is 7.35. The molecule has 0 unspecified atom stereocenters. The average Bonchev–Trinajstić information content (AvgIpc) is 2.83. The van der Waals surface area contributed by atoms with E-state index in [4.69, 9.17) is 5.73 Å². The van der Waals surface area contributed by atoms with E-state index in [1.807, 2.05) is 24.3 Å². The van der Waals surface area contributed by atoms with E-state index in [0.717, 1.165) is 17.7 Å². The quantitative estimate of drug-likeness (QED) is 0.899. The van der Waals surface area contributed by atoms with Crippen molar-refractivity contribution in [1.29, 1.82) is 0 Å². The Hall–Kier alpha value is -2.08. The summed E-state index contributed by atoms with van der Waals surface area (Å²) in [6.45, 7) is 0.462. The van der Waals surface area contributed by atoms with Crippen LogP contribution >= 0.6 is 0 Å². The number of sulfonamides is 1. The number of para-hydroxylation sites is 1. The van der Waals surface area contributed by atoms with Gasteiger partial charge in [-0.1, -0.05) is 18.2 Å². The lowest BCUT2D eigenvalue weighted by Gasteiger charge is -2.19. The van der Waals surface area contributed by atoms with Crippen molar-refractivity contribution >= 4 is 21.5 Å². The molecule has 0 saturated carbocycles. The average molecular weight is 275 g/mol. The maximum atomic E-state index is 12.6. The molecule has 1 aromatic heterocycles. The van der Waals surface area contributed by atoms with Crippen molar-refractivity contribution in [1.82, 2.24) is 4.98 Å². The molecule has 0 aliphatic carbocycles. The van der Waals surface area contributed by atoms with Crippen LogP contribution in [0.3, 0.4) is 0 Å². The molecule has 0 fully saturated rings. The zero-order valence-electron chi connectivity index (χ0n) is 10.2. The first-order valence-electron chi connectivity index (χ1n) is 5.91. The Bertz CT molecular complexity index is 728. The Morgan fingerprint density at radius 3 is 2.79 bits per heavy atom. The van der Waals surface area contributed by atoms with Gasteiger partial charge in [0.15, 0.2) is 0 Å². The van der Waals surface area contributed by atoms with Crippen LogP contribution in [0.1, 0.15) is 5.56 Å². The van der Waals surface area contributed by atoms with Gasteiger partial charge < -0.3 is 5.73 Å². The molecule has 1 aliphatic rings. The monoisotopic (exact) mass is 275 g/mol. The molecule has 0 saturated heterocycles. The van der Waals surface area contributed by atoms with Gasteiger partial charge in [0.05, 0.1) is 10.6 Å². The minimum Gasteiger partial charge on any atom is -0.384 e. The van der Waals surface area contributed by atoms with Gasteiger partial charge in [-0.25, -0.2) is 13.4 Å². The Labute approximate surface area is 111 Å². The fourth-order valence-corrected chi connectivity index (χ4v) is 3.80. The van der Waals surface area contributed by atoms with Crippen LogP contribution in [0.25, 0.3) is 0 Å². The number of anilines is 2. The van der Waals surface area contributed by atoms with Gasteiger partial charge in [0.25, 0.3) is 10.0 Å². The molecule has 1 aliphatic heterocycles. The number of nitrogens with zero attached hydrogens (tertiary/aromatic N) is 2. The summed E-state index contributed by atoms with van der Waals surface area (Å²) in [4.78, 5) is 4.00. The summed E-state index contributed by atoms with van der Waals surface area (Å²) in [5.41, 5.74) is 7.35. The number of benzene rings is 1. The highest BCUT2D eigenvalue weighted by Gasteiger charge is 2.30. The summed E-state index contributed by atoms with van der Waals surface area (Å²) < 4.78 is 26.6. The molecule has 98 valence electrons. The minimum absolute atomic E-state index is 0.178. The molecular weight excluding hydrogens is 262 g/mol. The van der Waals surface area contributed by atoms with E-state index in [1.54, 1.807) is 0 Å². The smallest absolute Gasteiger partial charge is 0.264 e. The van der Waals surface area contributed by atoms with Crippen molar-refractivity contribution < 1.29 is 8.42 Å². The van der Waals surface area contributed by atoms with Crippen molar-refractivity contribution in [3.8, 4) is 0 Å². The lowest BCUT2D eigenvalue weighted by atomic mass is 10.2. The molecule has 2 aromatic rings. The summed E-state index contributed by atoms with van der Waals surface area (Å²) >= 11 is 0. The first kappa shape index (κ1) is 12.0. The van der Waals surface area contributed by atoms with Crippen molar-refractivity contribution in [2.24, 2.45) is 0 Å². The fourth-order valence-electron chi connectivity index (χ4n) is 2.27. The second-order valence-corrected chi connectivity index (χ2v) is 6.23. The van der Waals surface area contributed by atoms with E-state index >= 15 is 0 Å². The third-order valence-electron chi connectivity index (χ3n) is 3.19. The van der Waals surface area contributed by atoms with E-state index < -0.39 is 10.0 Å². The van der Waals surface area contributed by atoms with Gasteiger partial charge in [-0.3, -0.25) is 4.31 Å². The predicted molar refractivity (Wildman–Crippen MR) is 73.3 cm³/mol. The molecule has 19 heavy (non-hydrogen) atoms. The summed E-state index contributed by atoms with van der Waals surface area (Å²) in [6, 6.07) is 10.4. The molecule has 0 atom stereocenters. The molecule has 0 amide bonds. The van der Waals surface area contributed by atoms with Gasteiger partial charge in [0.1, 0.15) is 5.82 Å². The maximum absolute atomic E-state index is 12.6. The summed E-state index contributed by atoms with van der Waals surface area (Å²) in [6.07, 6.45) is 2.14. The van der Waals surface area contributed by atoms with Gasteiger partial charge in [-0.05, 0) is 24.1 Å². The molecule has 5 nitrogen and oxygen atoms in total. The van der Waals surface area contributed by atoms with Crippen LogP contribution in [-0.2, 0) is 16.4 Å². The highest BCUT2D eigenvalue weighted by atomic mass is 32.2. The first-order chi connectivity index (χ1) is 9.09. The third-order valence-corrected chi connectivity index (χ3v) is 4.99. The van der Waals surface area contributed by atoms with Crippen LogP contribution in [0.15, 0.2) is 47.5 Å². The normalized spacial score (nSPS) is 14.4. The van der Waals surface area contributed by atoms with Crippen LogP contribution in [0.4, 0.5) is 11.5 Å². The van der Waals surface area contributed by atoms with Gasteiger partial charge in [0.2, 0.25) is 0 Å². The second kappa shape index (κ2) is 4.24. The lowest BCUT2D eigenvalue weighted by molar-refractivity contribution is 0.592. The Balaban J connectivity index is 2.08. The van der Waals surface area contributed by atoms with Crippen LogP contribution in [0, 0.1) is 0 Å². The van der Waals surface area contributed by atoms with Crippen molar-refractivity contribution in [2.75, 3.05) is 16.6 Å². The zero-order valence-corrected chi connectivity index (χ0v) is 11.0. The maximum Gasteiger partial charge on any atom is 0.264 e. The zero-order chi connectivity index (χ0) is 13.5. The second-order valence-electron chi connectivity index (χ2n) is 4.37. The minimum atomic E-state index is -3.56. The molecule has 6 heteroatoms. The topological polar surface area (TPSA) is 76.3 Å². The van der Waals surface area contributed by atoms with Crippen molar-refractivity contribution in [3.05, 3.63) is 48.2 Å². The lowest BCUT2D eigenvalue weighted by Crippen LogP contribution is -2.29. The number of nitrogen functional groups attached to an aromatic ring is 1. The molecule has 2 heterocycles. The van der Waals surface area contributed by atoms with E-state index in [-0.39, 0.29) is 10.7 Å². The van der Waals surface area contributed by atoms with Gasteiger partial charge in [0, 0.05) is 18.8 Å². The van der Waals surface area contributed by atoms with Crippen LogP contribution in [0.5, 0.6) is 0 Å². The Morgan fingerprint density at radius 2 is 2.00 bits per heavy atom. The highest BCUT2D eigenvalue weighted by Crippen LogP contribution is 2.32. The number of aromatic nitrogens is 1. The van der Waals surface area contributed by atoms with E-state index in [1.165, 1.54) is 22.6 Å². The van der Waals surface area contributed by atoms with E-state index in [9.17, 15) is 8.42 Å². The van der Waals surface area contributed by atoms with Gasteiger partial charge in [-0.2, -0.15) is 0 Å². The molecular formula is C13H13N3O2S. The van der Waals surface area contributed by atoms with Crippen molar-refractivity contribution in [3.63, 3.8) is 0 Å². The molecule has 1 aromatic carbocycles. The Morgan fingerprint density at radius 1 is 1.21 bits per heavy atom. The van der Waals surface area contributed by atoms with Gasteiger partial charge in [-0.15, -0.1) is 0 Å². The summed E-state index contributed by atoms with van der Waals surface area (Å²) in [5.74, 6) is 0.202. The standard InChI is InChI=1S/C13H13N3O2S/c14-13-9-11(5-7-15-13)19(17,18)16-8-6-10-3-1-2-4-12(10)16/h1-5,7,9H,6,8H2,(H2,14,15). The summed E-state index contributed by atoms with van der Waals surface area (Å²) in [7, 11) is -3.56. The fraction of sp³-hybridized carbons (Fsp3) is 0.154. The number of fused-ring (bicyclic) bond motifs is 1. The molecule has 3 rings (SSSR count). The highest BCUT2D eigenvalue weighted by molar-refractivity contribution is 7.92. The molecule has 0 radical (unpaired) electrons. The summed E-state index contributed by atoms with van der Waals surface area (Å²) in [5, 5.41) is 0. The number of nitrogens with two attached hydrogens (primary N) is 1.